The lowest BCUT2D eigenvalue weighted by Crippen LogP contribution is -2.33. The molecule has 0 radical (unpaired) electrons. The Bertz CT molecular complexity index is 1080. The van der Waals surface area contributed by atoms with Crippen LogP contribution in [0.5, 0.6) is 0 Å². The van der Waals surface area contributed by atoms with E-state index < -0.39 is 38.2 Å². The van der Waals surface area contributed by atoms with Crippen molar-refractivity contribution in [2.24, 2.45) is 0 Å². The van der Waals surface area contributed by atoms with Crippen molar-refractivity contribution in [1.29, 1.82) is 0 Å². The maximum Gasteiger partial charge on any atom is 0.501 e. The van der Waals surface area contributed by atoms with Crippen LogP contribution < -0.4 is 4.90 Å². The topological polar surface area (TPSA) is 87.7 Å². The van der Waals surface area contributed by atoms with Crippen LogP contribution in [0.15, 0.2) is 47.6 Å². The van der Waals surface area contributed by atoms with Crippen LogP contribution in [-0.4, -0.2) is 41.8 Å². The van der Waals surface area contributed by atoms with E-state index in [1.165, 1.54) is 4.90 Å². The normalized spacial score (nSPS) is 17.7. The van der Waals surface area contributed by atoms with Gasteiger partial charge in [0.1, 0.15) is 6.04 Å². The Morgan fingerprint density at radius 1 is 1.07 bits per heavy atom. The molecule has 1 aliphatic heterocycles. The Balaban J connectivity index is 1.89. The number of hydrogen-bond acceptors (Lipinski definition) is 5. The Hall–Kier alpha value is -2.95. The van der Waals surface area contributed by atoms with Gasteiger partial charge in [0.25, 0.3) is 15.7 Å². The number of alkyl halides is 3. The Kier molecular flexibility index (Phi) is 5.59. The lowest BCUT2D eigenvalue weighted by atomic mass is 10.1. The summed E-state index contributed by atoms with van der Waals surface area (Å²) in [6.45, 7) is 3.65. The third kappa shape index (κ3) is 3.64. The number of rotatable bonds is 5. The first-order valence-corrected chi connectivity index (χ1v) is 10.4. The molecule has 1 aliphatic rings. The molecule has 0 spiro atoms. The van der Waals surface area contributed by atoms with Crippen LogP contribution in [0, 0.1) is 0 Å². The van der Waals surface area contributed by atoms with Crippen molar-refractivity contribution in [1.82, 2.24) is 9.88 Å². The molecule has 1 atom stereocenters. The van der Waals surface area contributed by atoms with E-state index in [4.69, 9.17) is 0 Å². The first-order valence-electron chi connectivity index (χ1n) is 8.96. The molecule has 0 saturated carbocycles. The lowest BCUT2D eigenvalue weighted by molar-refractivity contribution is -0.119. The zero-order valence-electron chi connectivity index (χ0n) is 16.0. The minimum absolute atomic E-state index is 0.00841. The first-order chi connectivity index (χ1) is 14.0. The standard InChI is InChI=1S/C19H18F3N3O4S/c1-3-13-10-23-9-8-14(13)11-24-12(2)17(26)25(18(24)27)15-4-6-16(7-5-15)30(28,29)19(20,21)22/h4-10,12H,3,11H2,1-2H3. The fraction of sp³-hybridized carbons (Fsp3) is 0.316. The number of benzene rings is 1. The predicted molar refractivity (Wildman–Crippen MR) is 101 cm³/mol. The minimum atomic E-state index is -5.52. The van der Waals surface area contributed by atoms with Gasteiger partial charge in [0.2, 0.25) is 0 Å². The van der Waals surface area contributed by atoms with Crippen molar-refractivity contribution in [2.45, 2.75) is 43.3 Å². The van der Waals surface area contributed by atoms with Crippen LogP contribution in [0.3, 0.4) is 0 Å². The molecule has 11 heteroatoms. The van der Waals surface area contributed by atoms with Gasteiger partial charge in [-0.3, -0.25) is 9.78 Å². The van der Waals surface area contributed by atoms with E-state index >= 15 is 0 Å². The number of hydrogen-bond donors (Lipinski definition) is 0. The Labute approximate surface area is 171 Å². The molecule has 0 N–H and O–H groups in total. The van der Waals surface area contributed by atoms with E-state index in [-0.39, 0.29) is 12.2 Å². The van der Waals surface area contributed by atoms with Crippen molar-refractivity contribution in [3.63, 3.8) is 0 Å². The number of carbonyl (C=O) groups excluding carboxylic acids is 2. The molecule has 30 heavy (non-hydrogen) atoms. The van der Waals surface area contributed by atoms with E-state index in [1.54, 1.807) is 25.4 Å². The summed E-state index contributed by atoms with van der Waals surface area (Å²) < 4.78 is 61.1. The van der Waals surface area contributed by atoms with E-state index in [2.05, 4.69) is 4.98 Å². The number of sulfone groups is 1. The van der Waals surface area contributed by atoms with Crippen molar-refractivity contribution >= 4 is 27.5 Å². The summed E-state index contributed by atoms with van der Waals surface area (Å²) in [5, 5.41) is 0. The Morgan fingerprint density at radius 3 is 2.27 bits per heavy atom. The highest BCUT2D eigenvalue weighted by atomic mass is 32.2. The van der Waals surface area contributed by atoms with Gasteiger partial charge in [-0.2, -0.15) is 13.2 Å². The second-order valence-corrected chi connectivity index (χ2v) is 8.64. The zero-order chi connectivity index (χ0) is 22.3. The number of urea groups is 1. The average Bonchev–Trinajstić information content (AvgIpc) is 2.91. The summed E-state index contributed by atoms with van der Waals surface area (Å²) in [7, 11) is -5.52. The summed E-state index contributed by atoms with van der Waals surface area (Å²) in [5.74, 6) is -0.557. The van der Waals surface area contributed by atoms with Crippen LogP contribution in [-0.2, 0) is 27.6 Å². The number of aryl methyl sites for hydroxylation is 1. The fourth-order valence-corrected chi connectivity index (χ4v) is 3.93. The van der Waals surface area contributed by atoms with Gasteiger partial charge < -0.3 is 4.90 Å². The van der Waals surface area contributed by atoms with E-state index in [1.807, 2.05) is 6.92 Å². The monoisotopic (exact) mass is 441 g/mol. The van der Waals surface area contributed by atoms with Gasteiger partial charge in [0.15, 0.2) is 0 Å². The molecular formula is C19H18F3N3O4S. The van der Waals surface area contributed by atoms with Crippen LogP contribution in [0.1, 0.15) is 25.0 Å². The van der Waals surface area contributed by atoms with Gasteiger partial charge in [-0.25, -0.2) is 18.1 Å². The molecule has 3 rings (SSSR count). The molecule has 2 aromatic rings. The van der Waals surface area contributed by atoms with Gasteiger partial charge in [-0.1, -0.05) is 6.92 Å². The highest BCUT2D eigenvalue weighted by Gasteiger charge is 2.47. The molecule has 1 fully saturated rings. The second kappa shape index (κ2) is 7.71. The lowest BCUT2D eigenvalue weighted by Gasteiger charge is -2.20. The quantitative estimate of drug-likeness (QED) is 0.665. The van der Waals surface area contributed by atoms with Gasteiger partial charge in [-0.05, 0) is 54.8 Å². The molecule has 160 valence electrons. The van der Waals surface area contributed by atoms with Gasteiger partial charge in [0.05, 0.1) is 10.6 Å². The van der Waals surface area contributed by atoms with E-state index in [0.29, 0.717) is 6.42 Å². The fourth-order valence-electron chi connectivity index (χ4n) is 3.17. The third-order valence-corrected chi connectivity index (χ3v) is 6.42. The van der Waals surface area contributed by atoms with Crippen molar-refractivity contribution in [3.05, 3.63) is 53.9 Å². The smallest absolute Gasteiger partial charge is 0.308 e. The molecule has 0 aliphatic carbocycles. The second-order valence-electron chi connectivity index (χ2n) is 6.70. The summed E-state index contributed by atoms with van der Waals surface area (Å²) in [6.07, 6.45) is 3.95. The number of nitrogens with zero attached hydrogens (tertiary/aromatic N) is 3. The average molecular weight is 441 g/mol. The molecule has 0 bridgehead atoms. The highest BCUT2D eigenvalue weighted by Crippen LogP contribution is 2.33. The SMILES string of the molecule is CCc1cnccc1CN1C(=O)N(c2ccc(S(=O)(=O)C(F)(F)F)cc2)C(=O)C1C. The third-order valence-electron chi connectivity index (χ3n) is 4.92. The number of anilines is 1. The molecule has 2 heterocycles. The van der Waals surface area contributed by atoms with Crippen molar-refractivity contribution in [3.8, 4) is 0 Å². The minimum Gasteiger partial charge on any atom is -0.308 e. The molecule has 7 nitrogen and oxygen atoms in total. The van der Waals surface area contributed by atoms with Gasteiger partial charge >= 0.3 is 11.5 Å². The summed E-state index contributed by atoms with van der Waals surface area (Å²) in [5.41, 5.74) is -3.70. The van der Waals surface area contributed by atoms with Crippen LogP contribution >= 0.6 is 0 Å². The van der Waals surface area contributed by atoms with Crippen molar-refractivity contribution < 1.29 is 31.2 Å². The maximum absolute atomic E-state index is 12.9. The van der Waals surface area contributed by atoms with Crippen LogP contribution in [0.4, 0.5) is 23.7 Å². The van der Waals surface area contributed by atoms with Crippen LogP contribution in [0.25, 0.3) is 0 Å². The number of imide groups is 1. The number of pyridine rings is 1. The summed E-state index contributed by atoms with van der Waals surface area (Å²) in [6, 6.07) is 3.78. The zero-order valence-corrected chi connectivity index (χ0v) is 16.9. The largest absolute Gasteiger partial charge is 0.501 e. The number of carbonyl (C=O) groups is 2. The molecule has 1 aromatic carbocycles. The summed E-state index contributed by atoms with van der Waals surface area (Å²) >= 11 is 0. The molecular weight excluding hydrogens is 423 g/mol. The molecule has 1 saturated heterocycles. The van der Waals surface area contributed by atoms with E-state index in [9.17, 15) is 31.2 Å². The summed E-state index contributed by atoms with van der Waals surface area (Å²) in [4.78, 5) is 30.8. The number of halogens is 3. The first kappa shape index (κ1) is 21.8. The van der Waals surface area contributed by atoms with Crippen molar-refractivity contribution in [2.75, 3.05) is 4.90 Å². The molecule has 3 amide bonds. The molecule has 1 aromatic heterocycles. The predicted octanol–water partition coefficient (Wildman–Crippen LogP) is 3.29. The number of aromatic nitrogens is 1. The Morgan fingerprint density at radius 2 is 1.70 bits per heavy atom. The molecule has 1 unspecified atom stereocenters. The van der Waals surface area contributed by atoms with Crippen LogP contribution in [0.2, 0.25) is 0 Å². The number of amides is 3. The van der Waals surface area contributed by atoms with Gasteiger partial charge in [-0.15, -0.1) is 0 Å². The maximum atomic E-state index is 12.9. The highest BCUT2D eigenvalue weighted by molar-refractivity contribution is 7.92. The van der Waals surface area contributed by atoms with Gasteiger partial charge in [0, 0.05) is 18.9 Å². The van der Waals surface area contributed by atoms with E-state index in [0.717, 1.165) is 40.3 Å².